The Kier molecular flexibility index (Phi) is 6.03. The number of nitriles is 1. The van der Waals surface area contributed by atoms with Gasteiger partial charge in [-0.25, -0.2) is 13.2 Å². The minimum atomic E-state index is -4.16. The highest BCUT2D eigenvalue weighted by molar-refractivity contribution is 7.92. The van der Waals surface area contributed by atoms with Crippen molar-refractivity contribution in [3.05, 3.63) is 52.0 Å². The van der Waals surface area contributed by atoms with E-state index in [0.29, 0.717) is 18.1 Å². The van der Waals surface area contributed by atoms with Crippen molar-refractivity contribution in [2.24, 2.45) is 5.92 Å². The van der Waals surface area contributed by atoms with Gasteiger partial charge in [-0.2, -0.15) is 5.26 Å². The number of benzene rings is 2. The molecule has 10 heteroatoms. The highest BCUT2D eigenvalue weighted by Crippen LogP contribution is 2.44. The van der Waals surface area contributed by atoms with Crippen LogP contribution in [0.1, 0.15) is 40.2 Å². The molecule has 1 saturated carbocycles. The molecule has 168 valence electrons. The first-order valence-electron chi connectivity index (χ1n) is 10.1. The van der Waals surface area contributed by atoms with E-state index >= 15 is 0 Å². The molecule has 0 radical (unpaired) electrons. The van der Waals surface area contributed by atoms with Gasteiger partial charge in [0.25, 0.3) is 10.0 Å². The molecule has 2 N–H and O–H groups in total. The first kappa shape index (κ1) is 22.4. The third-order valence-corrected chi connectivity index (χ3v) is 7.35. The molecule has 0 spiro atoms. The largest absolute Gasteiger partial charge is 0.491 e. The van der Waals surface area contributed by atoms with Crippen molar-refractivity contribution in [3.63, 3.8) is 0 Å². The van der Waals surface area contributed by atoms with Crippen LogP contribution in [0.15, 0.2) is 35.2 Å². The minimum Gasteiger partial charge on any atom is -0.491 e. The lowest BCUT2D eigenvalue weighted by Gasteiger charge is -2.35. The summed E-state index contributed by atoms with van der Waals surface area (Å²) in [4.78, 5) is 13.5. The summed E-state index contributed by atoms with van der Waals surface area (Å²) in [7, 11) is -2.16. The quantitative estimate of drug-likeness (QED) is 0.599. The number of sulfonamides is 1. The summed E-state index contributed by atoms with van der Waals surface area (Å²) < 4.78 is 35.0. The van der Waals surface area contributed by atoms with Crippen LogP contribution in [0, 0.1) is 17.2 Å². The minimum absolute atomic E-state index is 0.0793. The molecule has 2 aromatic rings. The molecule has 2 aliphatic rings. The number of halogens is 1. The molecule has 1 aliphatic carbocycles. The second kappa shape index (κ2) is 8.62. The Morgan fingerprint density at radius 2 is 2.03 bits per heavy atom. The zero-order chi connectivity index (χ0) is 23.0. The summed E-state index contributed by atoms with van der Waals surface area (Å²) in [6.45, 7) is 2.12. The number of hydrogen-bond donors (Lipinski definition) is 2. The number of ether oxygens (including phenoxy) is 1. The second-order valence-corrected chi connectivity index (χ2v) is 10.3. The monoisotopic (exact) mass is 475 g/mol. The van der Waals surface area contributed by atoms with Crippen molar-refractivity contribution < 1.29 is 23.1 Å². The van der Waals surface area contributed by atoms with Crippen LogP contribution in [0.4, 0.5) is 5.69 Å². The van der Waals surface area contributed by atoms with Crippen LogP contribution in [0.2, 0.25) is 5.02 Å². The average Bonchev–Trinajstić information content (AvgIpc) is 3.56. The normalized spacial score (nSPS) is 16.8. The predicted octanol–water partition coefficient (Wildman–Crippen LogP) is 3.53. The number of carboxylic acid groups (broad SMARTS) is 1. The van der Waals surface area contributed by atoms with Gasteiger partial charge in [-0.3, -0.25) is 4.72 Å². The molecular weight excluding hydrogens is 454 g/mol. The third kappa shape index (κ3) is 4.67. The Morgan fingerprint density at radius 3 is 2.62 bits per heavy atom. The van der Waals surface area contributed by atoms with Crippen LogP contribution in [0.5, 0.6) is 5.75 Å². The summed E-state index contributed by atoms with van der Waals surface area (Å²) in [5.41, 5.74) is 0.647. The topological polar surface area (TPSA) is 120 Å². The van der Waals surface area contributed by atoms with E-state index in [4.69, 9.17) is 16.3 Å². The Morgan fingerprint density at radius 1 is 1.31 bits per heavy atom. The molecule has 32 heavy (non-hydrogen) atoms. The van der Waals surface area contributed by atoms with Crippen LogP contribution in [0.3, 0.4) is 0 Å². The first-order chi connectivity index (χ1) is 15.2. The summed E-state index contributed by atoms with van der Waals surface area (Å²) in [6, 6.07) is 8.84. The lowest BCUT2D eigenvalue weighted by atomic mass is 10.0. The fraction of sp³-hybridized carbons (Fsp3) is 0.364. The summed E-state index contributed by atoms with van der Waals surface area (Å²) in [5.74, 6) is -0.603. The molecule has 0 atom stereocenters. The van der Waals surface area contributed by atoms with Gasteiger partial charge in [0, 0.05) is 25.1 Å². The third-order valence-electron chi connectivity index (χ3n) is 5.62. The second-order valence-electron chi connectivity index (χ2n) is 8.28. The van der Waals surface area contributed by atoms with Crippen molar-refractivity contribution in [2.75, 3.05) is 31.5 Å². The van der Waals surface area contributed by atoms with Crippen LogP contribution >= 0.6 is 11.6 Å². The highest BCUT2D eigenvalue weighted by Gasteiger charge is 2.32. The van der Waals surface area contributed by atoms with Crippen molar-refractivity contribution >= 4 is 33.3 Å². The average molecular weight is 476 g/mol. The van der Waals surface area contributed by atoms with Crippen molar-refractivity contribution in [1.29, 1.82) is 5.26 Å². The predicted molar refractivity (Wildman–Crippen MR) is 119 cm³/mol. The molecule has 0 unspecified atom stereocenters. The fourth-order valence-electron chi connectivity index (χ4n) is 3.81. The van der Waals surface area contributed by atoms with Crippen LogP contribution in [0.25, 0.3) is 0 Å². The van der Waals surface area contributed by atoms with Gasteiger partial charge in [-0.05, 0) is 49.6 Å². The van der Waals surface area contributed by atoms with E-state index in [9.17, 15) is 23.6 Å². The molecule has 2 aromatic carbocycles. The maximum atomic E-state index is 13.3. The smallest absolute Gasteiger partial charge is 0.335 e. The molecule has 2 fully saturated rings. The fourth-order valence-corrected chi connectivity index (χ4v) is 5.39. The number of rotatable bonds is 8. The molecular formula is C22H22ClN3O5S. The van der Waals surface area contributed by atoms with Crippen molar-refractivity contribution in [3.8, 4) is 11.8 Å². The molecule has 0 amide bonds. The van der Waals surface area contributed by atoms with E-state index in [1.807, 2.05) is 13.1 Å². The standard InChI is InChI=1S/C22H22ClN3O5S/c1-26-10-13(11-26)12-31-20-8-18(23)16(9-24)6-19(20)25-32(29,30)21-7-15(22(27)28)4-5-17(21)14-2-3-14/h4-8,13-14,25H,2-3,10-12H2,1H3,(H,27,28). The Balaban J connectivity index is 1.68. The van der Waals surface area contributed by atoms with Gasteiger partial charge in [-0.1, -0.05) is 17.7 Å². The Labute approximate surface area is 191 Å². The van der Waals surface area contributed by atoms with E-state index in [1.165, 1.54) is 24.3 Å². The van der Waals surface area contributed by atoms with Crippen LogP contribution < -0.4 is 9.46 Å². The van der Waals surface area contributed by atoms with E-state index in [-0.39, 0.29) is 38.4 Å². The Hall–Kier alpha value is -2.80. The number of anilines is 1. The summed E-state index contributed by atoms with van der Waals surface area (Å²) in [6.07, 6.45) is 1.69. The number of hydrogen-bond acceptors (Lipinski definition) is 6. The van der Waals surface area contributed by atoms with Crippen molar-refractivity contribution in [1.82, 2.24) is 4.90 Å². The van der Waals surface area contributed by atoms with Gasteiger partial charge < -0.3 is 14.7 Å². The zero-order valence-corrected chi connectivity index (χ0v) is 18.9. The SMILES string of the molecule is CN1CC(COc2cc(Cl)c(C#N)cc2NS(=O)(=O)c2cc(C(=O)O)ccc2C2CC2)C1. The molecule has 0 bridgehead atoms. The first-order valence-corrected chi connectivity index (χ1v) is 12.0. The van der Waals surface area contributed by atoms with E-state index < -0.39 is 16.0 Å². The van der Waals surface area contributed by atoms with Gasteiger partial charge in [-0.15, -0.1) is 0 Å². The number of carboxylic acids is 1. The molecule has 8 nitrogen and oxygen atoms in total. The number of carbonyl (C=O) groups is 1. The highest BCUT2D eigenvalue weighted by atomic mass is 35.5. The maximum Gasteiger partial charge on any atom is 0.335 e. The summed E-state index contributed by atoms with van der Waals surface area (Å²) in [5, 5.41) is 18.8. The van der Waals surface area contributed by atoms with Gasteiger partial charge in [0.05, 0.1) is 33.3 Å². The van der Waals surface area contributed by atoms with E-state index in [1.54, 1.807) is 6.07 Å². The number of likely N-dealkylation sites (tertiary alicyclic amines) is 1. The van der Waals surface area contributed by atoms with Crippen LogP contribution in [-0.4, -0.2) is 51.1 Å². The lowest BCUT2D eigenvalue weighted by molar-refractivity contribution is 0.0696. The van der Waals surface area contributed by atoms with E-state index in [0.717, 1.165) is 25.9 Å². The molecule has 4 rings (SSSR count). The maximum absolute atomic E-state index is 13.3. The zero-order valence-electron chi connectivity index (χ0n) is 17.3. The van der Waals surface area contributed by atoms with Gasteiger partial charge in [0.1, 0.15) is 11.8 Å². The van der Waals surface area contributed by atoms with Gasteiger partial charge >= 0.3 is 5.97 Å². The summed E-state index contributed by atoms with van der Waals surface area (Å²) >= 11 is 6.15. The van der Waals surface area contributed by atoms with Crippen molar-refractivity contribution in [2.45, 2.75) is 23.7 Å². The molecule has 1 saturated heterocycles. The number of nitrogens with zero attached hydrogens (tertiary/aromatic N) is 2. The number of nitrogens with one attached hydrogen (secondary N) is 1. The van der Waals surface area contributed by atoms with Gasteiger partial charge in [0.15, 0.2) is 0 Å². The number of aromatic carboxylic acids is 1. The molecule has 1 heterocycles. The van der Waals surface area contributed by atoms with Gasteiger partial charge in [0.2, 0.25) is 0 Å². The molecule has 1 aliphatic heterocycles. The Bertz CT molecular complexity index is 1210. The van der Waals surface area contributed by atoms with Crippen LogP contribution in [-0.2, 0) is 10.0 Å². The van der Waals surface area contributed by atoms with E-state index in [2.05, 4.69) is 9.62 Å². The lowest BCUT2D eigenvalue weighted by Crippen LogP contribution is -2.46. The molecule has 0 aromatic heterocycles.